The summed E-state index contributed by atoms with van der Waals surface area (Å²) in [5.41, 5.74) is 4.30. The van der Waals surface area contributed by atoms with Crippen molar-refractivity contribution in [3.8, 4) is 5.75 Å². The van der Waals surface area contributed by atoms with Gasteiger partial charge in [0.05, 0.1) is 21.7 Å². The molecule has 36 heavy (non-hydrogen) atoms. The molecule has 0 heterocycles. The maximum absolute atomic E-state index is 12.6. The van der Waals surface area contributed by atoms with Gasteiger partial charge in [-0.3, -0.25) is 19.7 Å². The smallest absolute Gasteiger partial charge is 0.269 e. The Kier molecular flexibility index (Phi) is 9.13. The Hall–Kier alpha value is -4.24. The molecule has 0 saturated heterocycles. The van der Waals surface area contributed by atoms with Crippen LogP contribution < -0.4 is 15.5 Å². The molecule has 1 unspecified atom stereocenters. The van der Waals surface area contributed by atoms with Crippen molar-refractivity contribution in [1.29, 1.82) is 0 Å². The summed E-state index contributed by atoms with van der Waals surface area (Å²) in [6.07, 6.45) is 1.48. The quantitative estimate of drug-likeness (QED) is 0.233. The lowest BCUT2D eigenvalue weighted by Crippen LogP contribution is -2.48. The van der Waals surface area contributed by atoms with E-state index in [4.69, 9.17) is 16.3 Å². The molecule has 3 aromatic rings. The normalized spacial score (nSPS) is 11.8. The van der Waals surface area contributed by atoms with Crippen molar-refractivity contribution >= 4 is 35.3 Å². The Morgan fingerprint density at radius 1 is 1.06 bits per heavy atom. The molecule has 3 aromatic carbocycles. The molecule has 0 radical (unpaired) electrons. The molecule has 186 valence electrons. The highest BCUT2D eigenvalue weighted by molar-refractivity contribution is 6.33. The van der Waals surface area contributed by atoms with Crippen LogP contribution in [0.4, 0.5) is 5.69 Å². The summed E-state index contributed by atoms with van der Waals surface area (Å²) in [4.78, 5) is 35.4. The van der Waals surface area contributed by atoms with Crippen LogP contribution in [-0.2, 0) is 11.4 Å². The van der Waals surface area contributed by atoms with Gasteiger partial charge in [-0.15, -0.1) is 0 Å². The van der Waals surface area contributed by atoms with Crippen LogP contribution in [0.2, 0.25) is 5.02 Å². The number of carbonyl (C=O) groups excluding carboxylic acids is 2. The zero-order valence-electron chi connectivity index (χ0n) is 19.7. The molecule has 0 bridgehead atoms. The highest BCUT2D eigenvalue weighted by Gasteiger charge is 2.25. The van der Waals surface area contributed by atoms with E-state index in [-0.39, 0.29) is 23.8 Å². The van der Waals surface area contributed by atoms with E-state index in [0.717, 1.165) is 11.1 Å². The lowest BCUT2D eigenvalue weighted by atomic mass is 10.0. The summed E-state index contributed by atoms with van der Waals surface area (Å²) in [6.45, 7) is 3.89. The number of ether oxygens (including phenoxy) is 1. The number of nitrogens with zero attached hydrogens (tertiary/aromatic N) is 2. The second-order valence-corrected chi connectivity index (χ2v) is 8.60. The third-order valence-corrected chi connectivity index (χ3v) is 5.50. The van der Waals surface area contributed by atoms with E-state index < -0.39 is 22.8 Å². The van der Waals surface area contributed by atoms with Gasteiger partial charge in [0.15, 0.2) is 0 Å². The average molecular weight is 509 g/mol. The van der Waals surface area contributed by atoms with Gasteiger partial charge in [0.1, 0.15) is 18.4 Å². The molecule has 3 rings (SSSR count). The Bertz CT molecular complexity index is 1240. The highest BCUT2D eigenvalue weighted by Crippen LogP contribution is 2.17. The zero-order chi connectivity index (χ0) is 26.1. The van der Waals surface area contributed by atoms with Gasteiger partial charge in [-0.2, -0.15) is 5.10 Å². The van der Waals surface area contributed by atoms with Crippen molar-refractivity contribution < 1.29 is 19.2 Å². The lowest BCUT2D eigenvalue weighted by molar-refractivity contribution is -0.384. The van der Waals surface area contributed by atoms with E-state index in [1.807, 2.05) is 13.8 Å². The monoisotopic (exact) mass is 508 g/mol. The third-order valence-electron chi connectivity index (χ3n) is 5.18. The van der Waals surface area contributed by atoms with E-state index in [2.05, 4.69) is 15.8 Å². The number of benzene rings is 3. The molecular weight excluding hydrogens is 484 g/mol. The fourth-order valence-electron chi connectivity index (χ4n) is 3.17. The van der Waals surface area contributed by atoms with Crippen LogP contribution in [0.3, 0.4) is 0 Å². The summed E-state index contributed by atoms with van der Waals surface area (Å²) in [7, 11) is 0. The summed E-state index contributed by atoms with van der Waals surface area (Å²) >= 11 is 6.08. The Balaban J connectivity index is 1.52. The Labute approximate surface area is 213 Å². The van der Waals surface area contributed by atoms with Crippen LogP contribution in [0.15, 0.2) is 77.9 Å². The van der Waals surface area contributed by atoms with E-state index in [9.17, 15) is 19.7 Å². The van der Waals surface area contributed by atoms with Crippen molar-refractivity contribution in [1.82, 2.24) is 10.7 Å². The number of nitrogens with one attached hydrogen (secondary N) is 2. The summed E-state index contributed by atoms with van der Waals surface area (Å²) in [5.74, 6) is -0.469. The number of amides is 2. The minimum atomic E-state index is -0.805. The van der Waals surface area contributed by atoms with Crippen molar-refractivity contribution in [2.24, 2.45) is 11.0 Å². The molecule has 0 saturated carbocycles. The first-order valence-corrected chi connectivity index (χ1v) is 11.5. The lowest BCUT2D eigenvalue weighted by Gasteiger charge is -2.20. The Morgan fingerprint density at radius 2 is 1.72 bits per heavy atom. The molecule has 0 aromatic heterocycles. The summed E-state index contributed by atoms with van der Waals surface area (Å²) in [5, 5.41) is 17.7. The summed E-state index contributed by atoms with van der Waals surface area (Å²) < 4.78 is 5.70. The largest absolute Gasteiger partial charge is 0.489 e. The molecular formula is C26H25ClN4O5. The fourth-order valence-corrected chi connectivity index (χ4v) is 3.39. The van der Waals surface area contributed by atoms with E-state index in [1.165, 1.54) is 18.3 Å². The number of rotatable bonds is 10. The number of hydrogen-bond donors (Lipinski definition) is 2. The minimum absolute atomic E-state index is 0.0252. The standard InChI is InChI=1S/C26H25ClN4O5/c1-17(2)24(29-25(32)22-5-3-4-6-23(22)27)26(33)30-28-15-18-9-13-21(14-10-18)36-16-19-7-11-20(12-8-19)31(34)35/h3-15,17,24H,16H2,1-2H3,(H,29,32)(H,30,33)/b28-15-. The van der Waals surface area contributed by atoms with Gasteiger partial charge in [-0.05, 0) is 65.6 Å². The number of carbonyl (C=O) groups is 2. The zero-order valence-corrected chi connectivity index (χ0v) is 20.4. The van der Waals surface area contributed by atoms with Gasteiger partial charge < -0.3 is 10.1 Å². The number of hydrazone groups is 1. The van der Waals surface area contributed by atoms with Crippen LogP contribution in [-0.4, -0.2) is 29.0 Å². The Morgan fingerprint density at radius 3 is 2.33 bits per heavy atom. The number of nitro benzene ring substituents is 1. The molecule has 0 aliphatic heterocycles. The second kappa shape index (κ2) is 12.5. The number of nitro groups is 1. The van der Waals surface area contributed by atoms with Gasteiger partial charge in [0.25, 0.3) is 17.5 Å². The van der Waals surface area contributed by atoms with Gasteiger partial charge in [0.2, 0.25) is 0 Å². The molecule has 2 N–H and O–H groups in total. The van der Waals surface area contributed by atoms with E-state index >= 15 is 0 Å². The maximum Gasteiger partial charge on any atom is 0.269 e. The molecule has 0 aliphatic rings. The first-order valence-electron chi connectivity index (χ1n) is 11.1. The number of hydrogen-bond acceptors (Lipinski definition) is 6. The predicted octanol–water partition coefficient (Wildman–Crippen LogP) is 4.73. The molecule has 9 nitrogen and oxygen atoms in total. The molecule has 2 amide bonds. The van der Waals surface area contributed by atoms with Crippen molar-refractivity contribution in [3.05, 3.63) is 105 Å². The number of halogens is 1. The molecule has 0 aliphatic carbocycles. The van der Waals surface area contributed by atoms with Crippen LogP contribution >= 0.6 is 11.6 Å². The minimum Gasteiger partial charge on any atom is -0.489 e. The van der Waals surface area contributed by atoms with Gasteiger partial charge in [-0.25, -0.2) is 5.43 Å². The van der Waals surface area contributed by atoms with Gasteiger partial charge in [0, 0.05) is 12.1 Å². The molecule has 0 fully saturated rings. The first kappa shape index (κ1) is 26.4. The van der Waals surface area contributed by atoms with Crippen molar-refractivity contribution in [3.63, 3.8) is 0 Å². The molecule has 10 heteroatoms. The van der Waals surface area contributed by atoms with Crippen molar-refractivity contribution in [2.75, 3.05) is 0 Å². The van der Waals surface area contributed by atoms with Gasteiger partial charge in [-0.1, -0.05) is 37.6 Å². The van der Waals surface area contributed by atoms with Crippen LogP contribution in [0.25, 0.3) is 0 Å². The maximum atomic E-state index is 12.6. The van der Waals surface area contributed by atoms with E-state index in [1.54, 1.807) is 60.7 Å². The fraction of sp³-hybridized carbons (Fsp3) is 0.192. The third kappa shape index (κ3) is 7.38. The average Bonchev–Trinajstić information content (AvgIpc) is 2.87. The second-order valence-electron chi connectivity index (χ2n) is 8.19. The highest BCUT2D eigenvalue weighted by atomic mass is 35.5. The van der Waals surface area contributed by atoms with Crippen LogP contribution in [0, 0.1) is 16.0 Å². The summed E-state index contributed by atoms with van der Waals surface area (Å²) in [6, 6.07) is 19.0. The topological polar surface area (TPSA) is 123 Å². The predicted molar refractivity (Wildman–Crippen MR) is 137 cm³/mol. The van der Waals surface area contributed by atoms with Crippen LogP contribution in [0.1, 0.15) is 35.3 Å². The van der Waals surface area contributed by atoms with E-state index in [0.29, 0.717) is 10.8 Å². The molecule has 1 atom stereocenters. The van der Waals surface area contributed by atoms with Crippen molar-refractivity contribution in [2.45, 2.75) is 26.5 Å². The molecule has 0 spiro atoms. The van der Waals surface area contributed by atoms with Gasteiger partial charge >= 0.3 is 0 Å². The SMILES string of the molecule is CC(C)C(NC(=O)c1ccccc1Cl)C(=O)N/N=C\c1ccc(OCc2ccc([N+](=O)[O-])cc2)cc1. The number of non-ortho nitro benzene ring substituents is 1. The van der Waals surface area contributed by atoms with Crippen LogP contribution in [0.5, 0.6) is 5.75 Å². The first-order chi connectivity index (χ1) is 17.2.